The second kappa shape index (κ2) is 5.14. The van der Waals surface area contributed by atoms with Gasteiger partial charge in [0, 0.05) is 11.4 Å². The van der Waals surface area contributed by atoms with E-state index >= 15 is 0 Å². The van der Waals surface area contributed by atoms with E-state index < -0.39 is 5.97 Å². The van der Waals surface area contributed by atoms with Gasteiger partial charge in [0.15, 0.2) is 5.13 Å². The van der Waals surface area contributed by atoms with Crippen molar-refractivity contribution in [3.8, 4) is 0 Å². The average molecular weight is 307 g/mol. The Bertz CT molecular complexity index is 373. The van der Waals surface area contributed by atoms with Crippen molar-refractivity contribution in [1.82, 2.24) is 4.98 Å². The lowest BCUT2D eigenvalue weighted by atomic mass is 9.85. The molecule has 1 aromatic rings. The summed E-state index contributed by atoms with van der Waals surface area (Å²) in [4.78, 5) is 15.0. The SMILES string of the molecule is CC(C)(C)C(CC(=O)O)Nc1nc(Br)cs1. The molecule has 0 aromatic carbocycles. The number of nitrogens with one attached hydrogen (secondary N) is 1. The summed E-state index contributed by atoms with van der Waals surface area (Å²) in [6.07, 6.45) is 0.0840. The lowest BCUT2D eigenvalue weighted by molar-refractivity contribution is -0.137. The fourth-order valence-corrected chi connectivity index (χ4v) is 2.42. The van der Waals surface area contributed by atoms with Crippen molar-refractivity contribution >= 4 is 38.4 Å². The predicted molar refractivity (Wildman–Crippen MR) is 68.9 cm³/mol. The van der Waals surface area contributed by atoms with Gasteiger partial charge in [-0.15, -0.1) is 11.3 Å². The van der Waals surface area contributed by atoms with Crippen molar-refractivity contribution in [3.63, 3.8) is 0 Å². The van der Waals surface area contributed by atoms with Crippen LogP contribution < -0.4 is 5.32 Å². The van der Waals surface area contributed by atoms with E-state index in [2.05, 4.69) is 26.2 Å². The number of aromatic nitrogens is 1. The molecule has 16 heavy (non-hydrogen) atoms. The van der Waals surface area contributed by atoms with E-state index in [1.807, 2.05) is 26.2 Å². The Morgan fingerprint density at radius 1 is 1.69 bits per heavy atom. The van der Waals surface area contributed by atoms with Crippen LogP contribution in [-0.2, 0) is 4.79 Å². The number of carboxylic acid groups (broad SMARTS) is 1. The largest absolute Gasteiger partial charge is 0.481 e. The van der Waals surface area contributed by atoms with E-state index in [0.29, 0.717) is 0 Å². The maximum absolute atomic E-state index is 10.8. The first-order chi connectivity index (χ1) is 7.29. The van der Waals surface area contributed by atoms with Gasteiger partial charge in [-0.05, 0) is 21.3 Å². The molecule has 90 valence electrons. The number of halogens is 1. The molecule has 0 radical (unpaired) electrons. The van der Waals surface area contributed by atoms with Crippen LogP contribution in [0.15, 0.2) is 9.98 Å². The lowest BCUT2D eigenvalue weighted by Crippen LogP contribution is -2.36. The molecule has 1 atom stereocenters. The molecule has 0 fully saturated rings. The van der Waals surface area contributed by atoms with Gasteiger partial charge < -0.3 is 10.4 Å². The van der Waals surface area contributed by atoms with Crippen LogP contribution in [0, 0.1) is 5.41 Å². The normalized spacial score (nSPS) is 13.5. The number of hydrogen-bond donors (Lipinski definition) is 2. The maximum atomic E-state index is 10.8. The summed E-state index contributed by atoms with van der Waals surface area (Å²) in [5.74, 6) is -0.803. The molecule has 0 saturated carbocycles. The van der Waals surface area contributed by atoms with Crippen molar-refractivity contribution in [3.05, 3.63) is 9.98 Å². The summed E-state index contributed by atoms with van der Waals surface area (Å²) in [7, 11) is 0. The summed E-state index contributed by atoms with van der Waals surface area (Å²) in [5, 5.41) is 14.6. The van der Waals surface area contributed by atoms with Crippen LogP contribution in [0.1, 0.15) is 27.2 Å². The number of carboxylic acids is 1. The molecule has 1 rings (SSSR count). The van der Waals surface area contributed by atoms with Crippen LogP contribution in [0.2, 0.25) is 0 Å². The summed E-state index contributed by atoms with van der Waals surface area (Å²) in [6.45, 7) is 6.03. The first-order valence-corrected chi connectivity index (χ1v) is 6.55. The summed E-state index contributed by atoms with van der Waals surface area (Å²) >= 11 is 4.73. The van der Waals surface area contributed by atoms with Crippen LogP contribution in [-0.4, -0.2) is 22.1 Å². The van der Waals surface area contributed by atoms with Crippen LogP contribution in [0.5, 0.6) is 0 Å². The molecule has 0 amide bonds. The zero-order valence-corrected chi connectivity index (χ0v) is 11.9. The third-order valence-electron chi connectivity index (χ3n) is 2.20. The molecule has 0 saturated heterocycles. The van der Waals surface area contributed by atoms with Gasteiger partial charge >= 0.3 is 5.97 Å². The topological polar surface area (TPSA) is 62.2 Å². The van der Waals surface area contributed by atoms with E-state index in [1.54, 1.807) is 0 Å². The fraction of sp³-hybridized carbons (Fsp3) is 0.600. The van der Waals surface area contributed by atoms with Gasteiger partial charge in [0.05, 0.1) is 6.42 Å². The van der Waals surface area contributed by atoms with Gasteiger partial charge in [0.25, 0.3) is 0 Å². The number of hydrogen-bond acceptors (Lipinski definition) is 4. The molecule has 4 nitrogen and oxygen atoms in total. The number of carbonyl (C=O) groups is 1. The number of thiazole rings is 1. The molecule has 0 aliphatic carbocycles. The Kier molecular flexibility index (Phi) is 4.32. The summed E-state index contributed by atoms with van der Waals surface area (Å²) in [6, 6.07) is -0.136. The first-order valence-electron chi connectivity index (χ1n) is 4.88. The third-order valence-corrected chi connectivity index (χ3v) is 3.68. The van der Waals surface area contributed by atoms with Crippen molar-refractivity contribution in [2.24, 2.45) is 5.41 Å². The quantitative estimate of drug-likeness (QED) is 0.896. The number of rotatable bonds is 4. The Labute approximate surface area is 107 Å². The smallest absolute Gasteiger partial charge is 0.305 e. The van der Waals surface area contributed by atoms with E-state index in [9.17, 15) is 4.79 Å². The highest BCUT2D eigenvalue weighted by Crippen LogP contribution is 2.28. The molecule has 0 spiro atoms. The van der Waals surface area contributed by atoms with Crippen LogP contribution in [0.25, 0.3) is 0 Å². The Morgan fingerprint density at radius 2 is 2.31 bits per heavy atom. The summed E-state index contributed by atoms with van der Waals surface area (Å²) in [5.41, 5.74) is -0.128. The van der Waals surface area contributed by atoms with Crippen LogP contribution >= 0.6 is 27.3 Å². The van der Waals surface area contributed by atoms with Crippen molar-refractivity contribution < 1.29 is 9.90 Å². The van der Waals surface area contributed by atoms with Crippen molar-refractivity contribution in [1.29, 1.82) is 0 Å². The van der Waals surface area contributed by atoms with Crippen LogP contribution in [0.4, 0.5) is 5.13 Å². The van der Waals surface area contributed by atoms with Gasteiger partial charge in [0.1, 0.15) is 4.60 Å². The Balaban J connectivity index is 2.74. The molecule has 0 aliphatic heterocycles. The highest BCUT2D eigenvalue weighted by molar-refractivity contribution is 9.10. The fourth-order valence-electron chi connectivity index (χ4n) is 1.22. The first kappa shape index (κ1) is 13.4. The molecule has 2 N–H and O–H groups in total. The zero-order chi connectivity index (χ0) is 12.3. The highest BCUT2D eigenvalue weighted by atomic mass is 79.9. The molecule has 1 aromatic heterocycles. The summed E-state index contributed by atoms with van der Waals surface area (Å²) < 4.78 is 0.767. The second-order valence-electron chi connectivity index (χ2n) is 4.64. The van der Waals surface area contributed by atoms with Gasteiger partial charge in [-0.1, -0.05) is 20.8 Å². The Morgan fingerprint density at radius 3 is 2.69 bits per heavy atom. The standard InChI is InChI=1S/C10H15BrN2O2S/c1-10(2,3)6(4-8(14)15)12-9-13-7(11)5-16-9/h5-6H,4H2,1-3H3,(H,12,13)(H,14,15). The minimum Gasteiger partial charge on any atom is -0.481 e. The van der Waals surface area contributed by atoms with E-state index in [1.165, 1.54) is 11.3 Å². The molecular formula is C10H15BrN2O2S. The maximum Gasteiger partial charge on any atom is 0.305 e. The lowest BCUT2D eigenvalue weighted by Gasteiger charge is -2.30. The monoisotopic (exact) mass is 306 g/mol. The van der Waals surface area contributed by atoms with Crippen molar-refractivity contribution in [2.75, 3.05) is 5.32 Å². The van der Waals surface area contributed by atoms with Crippen LogP contribution in [0.3, 0.4) is 0 Å². The molecule has 0 aliphatic rings. The van der Waals surface area contributed by atoms with E-state index in [-0.39, 0.29) is 17.9 Å². The van der Waals surface area contributed by atoms with E-state index in [4.69, 9.17) is 5.11 Å². The highest BCUT2D eigenvalue weighted by Gasteiger charge is 2.27. The minimum atomic E-state index is -0.803. The van der Waals surface area contributed by atoms with Crippen molar-refractivity contribution in [2.45, 2.75) is 33.2 Å². The van der Waals surface area contributed by atoms with Gasteiger partial charge in [-0.3, -0.25) is 4.79 Å². The number of anilines is 1. The van der Waals surface area contributed by atoms with Gasteiger partial charge in [-0.2, -0.15) is 0 Å². The molecule has 1 unspecified atom stereocenters. The predicted octanol–water partition coefficient (Wildman–Crippen LogP) is 3.21. The third kappa shape index (κ3) is 4.09. The number of aliphatic carboxylic acids is 1. The molecule has 0 bridgehead atoms. The van der Waals surface area contributed by atoms with Gasteiger partial charge in [-0.25, -0.2) is 4.98 Å². The number of nitrogens with zero attached hydrogens (tertiary/aromatic N) is 1. The molecule has 1 heterocycles. The molecular weight excluding hydrogens is 292 g/mol. The second-order valence-corrected chi connectivity index (χ2v) is 6.31. The minimum absolute atomic E-state index is 0.0840. The molecule has 6 heteroatoms. The zero-order valence-electron chi connectivity index (χ0n) is 9.45. The average Bonchev–Trinajstić information content (AvgIpc) is 2.47. The van der Waals surface area contributed by atoms with E-state index in [0.717, 1.165) is 9.73 Å². The van der Waals surface area contributed by atoms with Gasteiger partial charge in [0.2, 0.25) is 0 Å². The Hall–Kier alpha value is -0.620.